The van der Waals surface area contributed by atoms with Crippen LogP contribution in [0.1, 0.15) is 95.9 Å². The van der Waals surface area contributed by atoms with E-state index >= 15 is 0 Å². The van der Waals surface area contributed by atoms with Crippen molar-refractivity contribution in [2.45, 2.75) is 120 Å². The van der Waals surface area contributed by atoms with Gasteiger partial charge in [-0.1, -0.05) is 105 Å². The molecule has 102 heavy (non-hydrogen) atoms. The molecule has 2 aromatic heterocycles. The number of aromatic nitrogens is 6. The topological polar surface area (TPSA) is 285 Å². The van der Waals surface area contributed by atoms with Crippen LogP contribution in [-0.2, 0) is 70.6 Å². The van der Waals surface area contributed by atoms with Crippen LogP contribution in [0.5, 0.6) is 11.5 Å². The van der Waals surface area contributed by atoms with E-state index in [-0.39, 0.29) is 60.6 Å². The van der Waals surface area contributed by atoms with Gasteiger partial charge in [0.25, 0.3) is 0 Å². The molecule has 8 rings (SSSR count). The van der Waals surface area contributed by atoms with Gasteiger partial charge in [-0.3, -0.25) is 14.4 Å². The van der Waals surface area contributed by atoms with E-state index in [0.717, 1.165) is 73.2 Å². The van der Waals surface area contributed by atoms with Gasteiger partial charge in [0.15, 0.2) is 24.5 Å². The van der Waals surface area contributed by atoms with E-state index in [1.807, 2.05) is 82.3 Å². The summed E-state index contributed by atoms with van der Waals surface area (Å²) in [6.07, 6.45) is 3.43. The Bertz CT molecular complexity index is 4220. The number of nitrogens with zero attached hydrogens (tertiary/aromatic N) is 9. The van der Waals surface area contributed by atoms with E-state index in [9.17, 15) is 46.2 Å². The highest BCUT2D eigenvalue weighted by atomic mass is 35.5. The van der Waals surface area contributed by atoms with Crippen molar-refractivity contribution in [3.8, 4) is 22.9 Å². The molecule has 6 aromatic carbocycles. The van der Waals surface area contributed by atoms with Gasteiger partial charge in [0.2, 0.25) is 0 Å². The lowest BCUT2D eigenvalue weighted by Crippen LogP contribution is -2.45. The highest BCUT2D eigenvalue weighted by Crippen LogP contribution is 2.38. The third-order valence-corrected chi connectivity index (χ3v) is 20.5. The third-order valence-electron chi connectivity index (χ3n) is 15.8. The molecule has 0 aliphatic heterocycles. The van der Waals surface area contributed by atoms with Crippen molar-refractivity contribution in [3.05, 3.63) is 168 Å². The zero-order valence-corrected chi connectivity index (χ0v) is 64.0. The predicted molar refractivity (Wildman–Crippen MR) is 399 cm³/mol. The highest BCUT2D eigenvalue weighted by molar-refractivity contribution is 7.91. The van der Waals surface area contributed by atoms with Gasteiger partial charge in [0.05, 0.1) is 53.1 Å². The molecule has 0 spiro atoms. The van der Waals surface area contributed by atoms with Crippen molar-refractivity contribution in [2.75, 3.05) is 99.4 Å². The van der Waals surface area contributed by atoms with E-state index in [2.05, 4.69) is 76.9 Å². The van der Waals surface area contributed by atoms with Gasteiger partial charge in [0, 0.05) is 44.6 Å². The van der Waals surface area contributed by atoms with Crippen LogP contribution in [0.3, 0.4) is 0 Å². The average molecular weight is 1490 g/mol. The fourth-order valence-electron chi connectivity index (χ4n) is 9.80. The van der Waals surface area contributed by atoms with Crippen LogP contribution in [0.2, 0.25) is 0 Å². The van der Waals surface area contributed by atoms with Crippen LogP contribution >= 0.6 is 23.2 Å². The number of hydrogen-bond donors (Lipinski definition) is 2. The van der Waals surface area contributed by atoms with E-state index in [1.54, 1.807) is 55.5 Å². The molecule has 0 saturated heterocycles. The van der Waals surface area contributed by atoms with Crippen LogP contribution in [0, 0.1) is 19.3 Å². The quantitative estimate of drug-likeness (QED) is 0.0130. The number of aryl methyl sites for hydroxylation is 2. The van der Waals surface area contributed by atoms with E-state index in [4.69, 9.17) is 42.1 Å². The lowest BCUT2D eigenvalue weighted by Gasteiger charge is -2.33. The summed E-state index contributed by atoms with van der Waals surface area (Å²) in [7, 11) is 3.03. The van der Waals surface area contributed by atoms with Crippen LogP contribution in [0.15, 0.2) is 155 Å². The van der Waals surface area contributed by atoms with Gasteiger partial charge in [-0.2, -0.15) is 0 Å². The number of carbonyl (C=O) groups is 4. The Kier molecular flexibility index (Phi) is 32.6. The molecule has 0 bridgehead atoms. The number of aromatic hydroxyl groups is 2. The minimum atomic E-state index is -3.94. The second-order valence-electron chi connectivity index (χ2n) is 26.3. The van der Waals surface area contributed by atoms with Gasteiger partial charge in [-0.25, -0.2) is 21.6 Å². The number of sulfone groups is 2. The number of likely N-dealkylation sites (N-methyl/N-ethyl adjacent to an activating group) is 3. The summed E-state index contributed by atoms with van der Waals surface area (Å²) in [5, 5.41) is 38.3. The second kappa shape index (κ2) is 39.4. The molecule has 0 radical (unpaired) electrons. The number of rotatable bonds is 32. The molecule has 0 saturated carbocycles. The zero-order chi connectivity index (χ0) is 75.6. The molecular weight excluding hydrogens is 1390 g/mol. The van der Waals surface area contributed by atoms with Gasteiger partial charge in [-0.15, -0.1) is 53.2 Å². The minimum absolute atomic E-state index is 0.0477. The Balaban J connectivity index is 0.000000275. The summed E-state index contributed by atoms with van der Waals surface area (Å²) in [6, 6.07) is 37.8. The number of ether oxygens (including phenoxy) is 4. The first-order valence-electron chi connectivity index (χ1n) is 33.6. The van der Waals surface area contributed by atoms with Gasteiger partial charge in [0.1, 0.15) is 49.8 Å². The molecule has 0 amide bonds. The summed E-state index contributed by atoms with van der Waals surface area (Å²) in [5.74, 6) is -3.74. The Hall–Kier alpha value is -8.30. The fourth-order valence-corrected chi connectivity index (χ4v) is 14.0. The standard InChI is InChI=1S/C33H38ClN3O7S.C18H17N3O3.C15H21ClO4S.C9H23N3/c1-5-6-18-43-30(39)32(3,22-45(41,42)25-14-11-23(2)12-15-25)21-33(4,34)31(40)44-19-17-24-13-16-28(29(38)20-24)37-35-26-9-7-8-10-27(26)36-37;1-12(2)18(23)24-10-9-13-7-8-16(17(22)11-13)21-19-14-5-3-4-6-15(14)20-21;1-4-5-10-20-14(17)15(3,16)11-21(18,19)13-8-6-12(2)7-9-13;1-10(2)6-8-12(5)9-7-11(3)4/h7-16,20,38H,5-6,17-19,21-22H2,1-4H3;3-8,11,22H,1,9-10H2,2H3;6-9H,4-5,10-11H2,1-3H3;6-9H2,1-5H3. The minimum Gasteiger partial charge on any atom is -0.506 e. The first kappa shape index (κ1) is 84.4. The summed E-state index contributed by atoms with van der Waals surface area (Å²) in [5.41, 5.74) is 5.89. The number of phenolic OH excluding ortho intramolecular Hbond substituents is 2. The maximum Gasteiger partial charge on any atom is 0.333 e. The van der Waals surface area contributed by atoms with Gasteiger partial charge < -0.3 is 43.9 Å². The molecule has 3 unspecified atom stereocenters. The average Bonchev–Trinajstić information content (AvgIpc) is 1.41. The smallest absolute Gasteiger partial charge is 0.333 e. The number of hydrogen-bond acceptors (Lipinski definition) is 21. The number of esters is 4. The highest BCUT2D eigenvalue weighted by Gasteiger charge is 2.48. The van der Waals surface area contributed by atoms with Crippen molar-refractivity contribution in [3.63, 3.8) is 0 Å². The van der Waals surface area contributed by atoms with Crippen molar-refractivity contribution in [2.24, 2.45) is 5.41 Å². The van der Waals surface area contributed by atoms with E-state index in [1.165, 1.54) is 60.7 Å². The Morgan fingerprint density at radius 3 is 1.25 bits per heavy atom. The van der Waals surface area contributed by atoms with Crippen molar-refractivity contribution >= 4 is 88.8 Å². The second-order valence-corrected chi connectivity index (χ2v) is 32.0. The maximum atomic E-state index is 13.4. The van der Waals surface area contributed by atoms with Crippen molar-refractivity contribution < 1.29 is 65.2 Å². The Morgan fingerprint density at radius 2 is 0.873 bits per heavy atom. The molecule has 8 aromatic rings. The number of phenols is 2. The maximum absolute atomic E-state index is 13.4. The van der Waals surface area contributed by atoms with E-state index in [0.29, 0.717) is 46.4 Å². The first-order chi connectivity index (χ1) is 48.0. The molecule has 2 N–H and O–H groups in total. The molecule has 0 aliphatic carbocycles. The number of alkyl halides is 2. The van der Waals surface area contributed by atoms with E-state index < -0.39 is 70.2 Å². The first-order valence-corrected chi connectivity index (χ1v) is 37.6. The molecule has 0 fully saturated rings. The van der Waals surface area contributed by atoms with Crippen LogP contribution in [0.25, 0.3) is 33.4 Å². The molecule has 23 nitrogen and oxygen atoms in total. The number of halogens is 2. The summed E-state index contributed by atoms with van der Waals surface area (Å²) in [6.45, 7) is 22.1. The Labute approximate surface area is 610 Å². The fraction of sp³-hybridized carbons (Fsp3) is 0.440. The number of carbonyl (C=O) groups excluding carboxylic acids is 4. The number of fused-ring (bicyclic) bond motifs is 2. The van der Waals surface area contributed by atoms with Gasteiger partial charge >= 0.3 is 23.9 Å². The van der Waals surface area contributed by atoms with Crippen LogP contribution < -0.4 is 0 Å². The van der Waals surface area contributed by atoms with Gasteiger partial charge in [-0.05, 0) is 180 Å². The number of benzene rings is 6. The largest absolute Gasteiger partial charge is 0.506 e. The Morgan fingerprint density at radius 1 is 0.510 bits per heavy atom. The van der Waals surface area contributed by atoms with Crippen LogP contribution in [-0.4, -0.2) is 205 Å². The summed E-state index contributed by atoms with van der Waals surface area (Å²) >= 11 is 12.7. The normalized spacial score (nSPS) is 13.3. The molecule has 554 valence electrons. The van der Waals surface area contributed by atoms with Crippen molar-refractivity contribution in [1.82, 2.24) is 44.7 Å². The summed E-state index contributed by atoms with van der Waals surface area (Å²) < 4.78 is 72.3. The van der Waals surface area contributed by atoms with Crippen molar-refractivity contribution in [1.29, 1.82) is 0 Å². The lowest BCUT2D eigenvalue weighted by molar-refractivity contribution is -0.156. The molecule has 27 heteroatoms. The SMILES string of the molecule is C=C(C)C(=O)OCCc1ccc(-n2nc3ccccc3n2)c(O)c1.CCCCOC(=O)C(C)(CC(C)(Cl)C(=O)OCCc1ccc(-n2nc3ccccc3n2)c(O)c1)CS(=O)(=O)c1ccc(C)cc1.CCCCOC(=O)C(C)(Cl)CS(=O)(=O)c1ccc(C)cc1.CN(C)CCN(C)CCN(C)C. The molecule has 2 heterocycles. The zero-order valence-electron chi connectivity index (χ0n) is 60.8. The molecular formula is C75H99Cl2N9O14S2. The molecule has 3 atom stereocenters. The summed E-state index contributed by atoms with van der Waals surface area (Å²) in [4.78, 5) is 56.1. The third kappa shape index (κ3) is 26.8. The monoisotopic (exact) mass is 1480 g/mol. The number of unbranched alkanes of at least 4 members (excludes halogenated alkanes) is 2. The molecule has 0 aliphatic rings. The van der Waals surface area contributed by atoms with Crippen LogP contribution in [0.4, 0.5) is 0 Å². The predicted octanol–water partition coefficient (Wildman–Crippen LogP) is 11.7. The lowest BCUT2D eigenvalue weighted by atomic mass is 9.82.